The number of nitrogens with one attached hydrogen (secondary N) is 3. The molecule has 1 aromatic carbocycles. The van der Waals surface area contributed by atoms with Gasteiger partial charge in [-0.25, -0.2) is 4.98 Å². The summed E-state index contributed by atoms with van der Waals surface area (Å²) in [6.07, 6.45) is 10.9. The van der Waals surface area contributed by atoms with Gasteiger partial charge in [0.15, 0.2) is 5.82 Å². The molecule has 1 amide bonds. The van der Waals surface area contributed by atoms with Gasteiger partial charge in [-0.3, -0.25) is 19.9 Å². The molecule has 1 aliphatic rings. The van der Waals surface area contributed by atoms with Crippen LogP contribution in [0.25, 0.3) is 44.6 Å². The third kappa shape index (κ3) is 4.77. The third-order valence-electron chi connectivity index (χ3n) is 7.30. The van der Waals surface area contributed by atoms with Crippen LogP contribution in [-0.2, 0) is 4.79 Å². The van der Waals surface area contributed by atoms with Crippen molar-refractivity contribution in [2.45, 2.75) is 58.0 Å². The van der Waals surface area contributed by atoms with Crippen LogP contribution in [-0.4, -0.2) is 47.3 Å². The van der Waals surface area contributed by atoms with Crippen molar-refractivity contribution in [2.24, 2.45) is 5.92 Å². The van der Waals surface area contributed by atoms with Crippen molar-refractivity contribution in [1.29, 1.82) is 0 Å². The van der Waals surface area contributed by atoms with Gasteiger partial charge < -0.3 is 15.4 Å². The Morgan fingerprint density at radius 3 is 2.66 bits per heavy atom. The number of amides is 1. The fourth-order valence-corrected chi connectivity index (χ4v) is 5.37. The number of carbonyl (C=O) groups excluding carboxylic acids is 1. The summed E-state index contributed by atoms with van der Waals surface area (Å²) in [5.74, 6) is 1.29. The molecule has 194 valence electrons. The minimum atomic E-state index is -0.204. The van der Waals surface area contributed by atoms with Gasteiger partial charge in [0.2, 0.25) is 5.91 Å². The molecule has 0 spiro atoms. The lowest BCUT2D eigenvalue weighted by molar-refractivity contribution is -0.116. The molecule has 0 radical (unpaired) electrons. The number of aromatic nitrogens is 6. The van der Waals surface area contributed by atoms with Crippen LogP contribution < -0.4 is 5.32 Å². The van der Waals surface area contributed by atoms with Crippen LogP contribution in [0.4, 0.5) is 5.69 Å². The number of hydrogen-bond acceptors (Lipinski definition) is 6. The summed E-state index contributed by atoms with van der Waals surface area (Å²) in [6, 6.07) is 8.01. The second-order valence-corrected chi connectivity index (χ2v) is 10.7. The van der Waals surface area contributed by atoms with Gasteiger partial charge in [-0.05, 0) is 61.3 Å². The van der Waals surface area contributed by atoms with E-state index in [0.29, 0.717) is 23.9 Å². The van der Waals surface area contributed by atoms with Crippen molar-refractivity contribution in [3.05, 3.63) is 54.6 Å². The van der Waals surface area contributed by atoms with Gasteiger partial charge in [-0.1, -0.05) is 19.9 Å². The van der Waals surface area contributed by atoms with Gasteiger partial charge >= 0.3 is 0 Å². The Morgan fingerprint density at radius 1 is 1.03 bits per heavy atom. The molecule has 4 heterocycles. The predicted octanol–water partition coefficient (Wildman–Crippen LogP) is 5.57. The highest BCUT2D eigenvalue weighted by atomic mass is 16.3. The molecule has 4 N–H and O–H groups in total. The highest BCUT2D eigenvalue weighted by molar-refractivity contribution is 5.96. The molecule has 1 fully saturated rings. The lowest BCUT2D eigenvalue weighted by atomic mass is 9.83. The molecule has 38 heavy (non-hydrogen) atoms. The number of H-pyrrole nitrogens is 2. The van der Waals surface area contributed by atoms with E-state index in [1.165, 1.54) is 0 Å². The second-order valence-electron chi connectivity index (χ2n) is 10.7. The monoisotopic (exact) mass is 509 g/mol. The van der Waals surface area contributed by atoms with E-state index in [1.54, 1.807) is 18.6 Å². The van der Waals surface area contributed by atoms with E-state index >= 15 is 0 Å². The zero-order chi connectivity index (χ0) is 26.2. The van der Waals surface area contributed by atoms with Crippen LogP contribution in [0, 0.1) is 5.92 Å². The summed E-state index contributed by atoms with van der Waals surface area (Å²) in [5.41, 5.74) is 7.09. The second kappa shape index (κ2) is 9.98. The molecular weight excluding hydrogens is 478 g/mol. The Labute approximate surface area is 220 Å². The SMILES string of the molecule is CC(C)CC(=O)Nc1cncc(-c2ccc3[nH]nc(-c4nc5c(C6CCC(O)CC6)cncc5[nH]4)c3c2)c1. The average molecular weight is 510 g/mol. The average Bonchev–Trinajstić information content (AvgIpc) is 3.52. The molecule has 0 saturated heterocycles. The van der Waals surface area contributed by atoms with Crippen molar-refractivity contribution in [3.8, 4) is 22.6 Å². The summed E-state index contributed by atoms with van der Waals surface area (Å²) >= 11 is 0. The van der Waals surface area contributed by atoms with Gasteiger partial charge in [0.1, 0.15) is 5.69 Å². The first-order chi connectivity index (χ1) is 18.4. The van der Waals surface area contributed by atoms with Gasteiger partial charge in [0, 0.05) is 35.3 Å². The fourth-order valence-electron chi connectivity index (χ4n) is 5.37. The maximum Gasteiger partial charge on any atom is 0.224 e. The number of hydrogen-bond donors (Lipinski definition) is 4. The van der Waals surface area contributed by atoms with Crippen molar-refractivity contribution in [3.63, 3.8) is 0 Å². The van der Waals surface area contributed by atoms with E-state index in [-0.39, 0.29) is 17.9 Å². The van der Waals surface area contributed by atoms with Crippen molar-refractivity contribution in [2.75, 3.05) is 5.32 Å². The first-order valence-electron chi connectivity index (χ1n) is 13.2. The third-order valence-corrected chi connectivity index (χ3v) is 7.30. The summed E-state index contributed by atoms with van der Waals surface area (Å²) in [4.78, 5) is 29.5. The number of fused-ring (bicyclic) bond motifs is 2. The quantitative estimate of drug-likeness (QED) is 0.237. The topological polar surface area (TPSA) is 132 Å². The number of rotatable bonds is 6. The lowest BCUT2D eigenvalue weighted by Crippen LogP contribution is -2.17. The minimum absolute atomic E-state index is 0.0188. The number of pyridine rings is 2. The molecule has 9 nitrogen and oxygen atoms in total. The molecule has 5 aromatic rings. The predicted molar refractivity (Wildman–Crippen MR) is 148 cm³/mol. The molecule has 6 rings (SSSR count). The Hall–Kier alpha value is -4.11. The Balaban J connectivity index is 1.34. The van der Waals surface area contributed by atoms with Gasteiger partial charge in [0.05, 0.1) is 40.7 Å². The van der Waals surface area contributed by atoms with E-state index in [9.17, 15) is 9.90 Å². The van der Waals surface area contributed by atoms with Gasteiger partial charge in [-0.15, -0.1) is 0 Å². The molecule has 0 bridgehead atoms. The first kappa shape index (κ1) is 24.2. The maximum atomic E-state index is 12.2. The summed E-state index contributed by atoms with van der Waals surface area (Å²) in [7, 11) is 0. The van der Waals surface area contributed by atoms with E-state index in [4.69, 9.17) is 4.98 Å². The number of aliphatic hydroxyl groups is 1. The summed E-state index contributed by atoms with van der Waals surface area (Å²) in [6.45, 7) is 4.04. The van der Waals surface area contributed by atoms with Crippen LogP contribution in [0.15, 0.2) is 49.1 Å². The smallest absolute Gasteiger partial charge is 0.224 e. The zero-order valence-electron chi connectivity index (χ0n) is 21.5. The fraction of sp³-hybridized carbons (Fsp3) is 0.345. The van der Waals surface area contributed by atoms with Crippen LogP contribution in [0.1, 0.15) is 57.4 Å². The highest BCUT2D eigenvalue weighted by Crippen LogP contribution is 2.37. The van der Waals surface area contributed by atoms with Crippen LogP contribution in [0.5, 0.6) is 0 Å². The Kier molecular flexibility index (Phi) is 6.37. The van der Waals surface area contributed by atoms with E-state index in [0.717, 1.165) is 70.0 Å². The van der Waals surface area contributed by atoms with E-state index in [1.807, 2.05) is 38.2 Å². The minimum Gasteiger partial charge on any atom is -0.393 e. The largest absolute Gasteiger partial charge is 0.393 e. The molecule has 1 saturated carbocycles. The molecule has 0 aliphatic heterocycles. The number of imidazole rings is 1. The normalized spacial score (nSPS) is 17.9. The van der Waals surface area contributed by atoms with Crippen LogP contribution in [0.3, 0.4) is 0 Å². The Morgan fingerprint density at radius 2 is 1.84 bits per heavy atom. The van der Waals surface area contributed by atoms with Crippen molar-refractivity contribution in [1.82, 2.24) is 30.1 Å². The molecule has 9 heteroatoms. The Bertz CT molecular complexity index is 1610. The van der Waals surface area contributed by atoms with Crippen molar-refractivity contribution < 1.29 is 9.90 Å². The van der Waals surface area contributed by atoms with Gasteiger partial charge in [-0.2, -0.15) is 5.10 Å². The number of anilines is 1. The molecular formula is C29H31N7O2. The molecule has 0 unspecified atom stereocenters. The summed E-state index contributed by atoms with van der Waals surface area (Å²) < 4.78 is 0. The number of carbonyl (C=O) groups is 1. The van der Waals surface area contributed by atoms with Gasteiger partial charge in [0.25, 0.3) is 0 Å². The molecule has 1 aliphatic carbocycles. The molecule has 4 aromatic heterocycles. The number of aliphatic hydroxyl groups excluding tert-OH is 1. The highest BCUT2D eigenvalue weighted by Gasteiger charge is 2.24. The number of nitrogens with zero attached hydrogens (tertiary/aromatic N) is 4. The zero-order valence-corrected chi connectivity index (χ0v) is 21.5. The first-order valence-corrected chi connectivity index (χ1v) is 13.2. The lowest BCUT2D eigenvalue weighted by Gasteiger charge is -2.25. The number of aromatic amines is 2. The van der Waals surface area contributed by atoms with E-state index in [2.05, 4.69) is 36.5 Å². The summed E-state index contributed by atoms with van der Waals surface area (Å²) in [5, 5.41) is 21.5. The van der Waals surface area contributed by atoms with Crippen molar-refractivity contribution >= 4 is 33.5 Å². The molecule has 0 atom stereocenters. The van der Waals surface area contributed by atoms with Crippen LogP contribution >= 0.6 is 0 Å². The van der Waals surface area contributed by atoms with E-state index < -0.39 is 0 Å². The maximum absolute atomic E-state index is 12.2. The van der Waals surface area contributed by atoms with Crippen LogP contribution in [0.2, 0.25) is 0 Å². The number of benzene rings is 1. The standard InChI is InChI=1S/C29H31N7O2/c1-16(2)9-26(38)32-20-10-19(12-30-13-20)18-5-8-24-22(11-18)28(36-35-24)29-33-25-15-31-14-23(27(25)34-29)17-3-6-21(37)7-4-17/h5,8,10-17,21,37H,3-4,6-7,9H2,1-2H3,(H,32,38)(H,33,34)(H,35,36).